The van der Waals surface area contributed by atoms with Crippen LogP contribution in [-0.2, 0) is 9.53 Å². The van der Waals surface area contributed by atoms with E-state index in [0.29, 0.717) is 13.0 Å². The minimum absolute atomic E-state index is 0.0439. The van der Waals surface area contributed by atoms with Crippen LogP contribution in [0.1, 0.15) is 23.3 Å². The van der Waals surface area contributed by atoms with Crippen molar-refractivity contribution in [2.45, 2.75) is 18.9 Å². The quantitative estimate of drug-likeness (QED) is 0.567. The number of aromatic nitrogens is 2. The number of carboxylic acid groups (broad SMARTS) is 1. The number of carboxylic acids is 1. The zero-order chi connectivity index (χ0) is 14.3. The molecule has 0 fully saturated rings. The first-order chi connectivity index (χ1) is 9.04. The first-order valence-electron chi connectivity index (χ1n) is 5.63. The molecule has 3 N–H and O–H groups in total. The normalized spacial score (nSPS) is 11.8. The van der Waals surface area contributed by atoms with Crippen LogP contribution in [0.3, 0.4) is 0 Å². The summed E-state index contributed by atoms with van der Waals surface area (Å²) in [5.41, 5.74) is -0.482. The summed E-state index contributed by atoms with van der Waals surface area (Å²) >= 11 is 0. The standard InChI is InChI=1S/C11H15N3O5/c1-19-6-2-3-8(11(17)18)12-10(16)7-4-5-9(15)14-13-7/h4-5,8H,2-3,6H2,1H3,(H,12,16)(H,14,15)(H,17,18). The summed E-state index contributed by atoms with van der Waals surface area (Å²) in [4.78, 5) is 33.5. The maximum Gasteiger partial charge on any atom is 0.326 e. The summed E-state index contributed by atoms with van der Waals surface area (Å²) in [6, 6.07) is 1.35. The summed E-state index contributed by atoms with van der Waals surface area (Å²) in [7, 11) is 1.51. The Morgan fingerprint density at radius 3 is 2.79 bits per heavy atom. The van der Waals surface area contributed by atoms with Gasteiger partial charge in [-0.2, -0.15) is 5.10 Å². The Balaban J connectivity index is 2.63. The van der Waals surface area contributed by atoms with Gasteiger partial charge in [-0.3, -0.25) is 9.59 Å². The highest BCUT2D eigenvalue weighted by Crippen LogP contribution is 2.00. The fraction of sp³-hybridized carbons (Fsp3) is 0.455. The van der Waals surface area contributed by atoms with Crippen LogP contribution in [0, 0.1) is 0 Å². The van der Waals surface area contributed by atoms with Crippen LogP contribution < -0.4 is 10.9 Å². The van der Waals surface area contributed by atoms with E-state index in [-0.39, 0.29) is 12.1 Å². The van der Waals surface area contributed by atoms with Crippen LogP contribution in [0.5, 0.6) is 0 Å². The van der Waals surface area contributed by atoms with Gasteiger partial charge in [0.1, 0.15) is 11.7 Å². The molecule has 0 aromatic carbocycles. The highest BCUT2D eigenvalue weighted by Gasteiger charge is 2.20. The molecule has 1 heterocycles. The zero-order valence-corrected chi connectivity index (χ0v) is 10.4. The number of carbonyl (C=O) groups is 2. The predicted molar refractivity (Wildman–Crippen MR) is 64.9 cm³/mol. The molecule has 0 aliphatic rings. The van der Waals surface area contributed by atoms with Crippen LogP contribution in [-0.4, -0.2) is 46.9 Å². The molecule has 0 bridgehead atoms. The predicted octanol–water partition coefficient (Wildman–Crippen LogP) is -0.620. The number of aliphatic carboxylic acids is 1. The van der Waals surface area contributed by atoms with Gasteiger partial charge < -0.3 is 15.2 Å². The average Bonchev–Trinajstić information content (AvgIpc) is 2.38. The van der Waals surface area contributed by atoms with Gasteiger partial charge in [0.25, 0.3) is 11.5 Å². The third-order valence-corrected chi connectivity index (χ3v) is 2.36. The maximum atomic E-state index is 11.7. The number of rotatable bonds is 7. The largest absolute Gasteiger partial charge is 0.480 e. The van der Waals surface area contributed by atoms with Gasteiger partial charge in [-0.1, -0.05) is 0 Å². The van der Waals surface area contributed by atoms with Gasteiger partial charge in [0.05, 0.1) is 0 Å². The summed E-state index contributed by atoms with van der Waals surface area (Å²) in [6.07, 6.45) is 0.755. The Morgan fingerprint density at radius 2 is 2.26 bits per heavy atom. The fourth-order valence-corrected chi connectivity index (χ4v) is 1.39. The Kier molecular flexibility index (Phi) is 5.68. The molecule has 1 atom stereocenters. The molecular formula is C11H15N3O5. The van der Waals surface area contributed by atoms with Crippen LogP contribution >= 0.6 is 0 Å². The number of aromatic amines is 1. The molecule has 19 heavy (non-hydrogen) atoms. The van der Waals surface area contributed by atoms with Gasteiger partial charge in [-0.05, 0) is 18.9 Å². The SMILES string of the molecule is COCCCC(NC(=O)c1ccc(=O)[nH]n1)C(=O)O. The van der Waals surface area contributed by atoms with E-state index in [1.165, 1.54) is 13.2 Å². The highest BCUT2D eigenvalue weighted by molar-refractivity contribution is 5.94. The van der Waals surface area contributed by atoms with Crippen molar-refractivity contribution in [2.75, 3.05) is 13.7 Å². The van der Waals surface area contributed by atoms with E-state index in [2.05, 4.69) is 15.5 Å². The molecule has 0 radical (unpaired) electrons. The molecule has 1 rings (SSSR count). The lowest BCUT2D eigenvalue weighted by Gasteiger charge is -2.13. The van der Waals surface area contributed by atoms with Gasteiger partial charge in [-0.15, -0.1) is 0 Å². The zero-order valence-electron chi connectivity index (χ0n) is 10.4. The van der Waals surface area contributed by atoms with Crippen molar-refractivity contribution in [1.82, 2.24) is 15.5 Å². The first-order valence-corrected chi connectivity index (χ1v) is 5.63. The van der Waals surface area contributed by atoms with Gasteiger partial charge in [-0.25, -0.2) is 9.89 Å². The van der Waals surface area contributed by atoms with E-state index < -0.39 is 23.5 Å². The van der Waals surface area contributed by atoms with Gasteiger partial charge in [0, 0.05) is 19.8 Å². The smallest absolute Gasteiger partial charge is 0.326 e. The lowest BCUT2D eigenvalue weighted by molar-refractivity contribution is -0.139. The number of nitrogens with one attached hydrogen (secondary N) is 2. The second-order valence-electron chi connectivity index (χ2n) is 3.81. The minimum Gasteiger partial charge on any atom is -0.480 e. The number of carbonyl (C=O) groups excluding carboxylic acids is 1. The van der Waals surface area contributed by atoms with Gasteiger partial charge >= 0.3 is 5.97 Å². The summed E-state index contributed by atoms with van der Waals surface area (Å²) < 4.78 is 4.82. The maximum absolute atomic E-state index is 11.7. The molecule has 8 heteroatoms. The molecule has 8 nitrogen and oxygen atoms in total. The van der Waals surface area contributed by atoms with E-state index in [1.807, 2.05) is 0 Å². The van der Waals surface area contributed by atoms with Crippen LogP contribution in [0.4, 0.5) is 0 Å². The molecule has 0 spiro atoms. The van der Waals surface area contributed by atoms with E-state index in [9.17, 15) is 14.4 Å². The van der Waals surface area contributed by atoms with E-state index in [1.54, 1.807) is 0 Å². The molecule has 1 unspecified atom stereocenters. The summed E-state index contributed by atoms with van der Waals surface area (Å²) in [6.45, 7) is 0.413. The second kappa shape index (κ2) is 7.27. The molecule has 1 aromatic rings. The van der Waals surface area contributed by atoms with Crippen molar-refractivity contribution in [3.63, 3.8) is 0 Å². The number of H-pyrrole nitrogens is 1. The van der Waals surface area contributed by atoms with E-state index in [4.69, 9.17) is 9.84 Å². The minimum atomic E-state index is -1.13. The van der Waals surface area contributed by atoms with Crippen molar-refractivity contribution < 1.29 is 19.4 Å². The topological polar surface area (TPSA) is 121 Å². The number of hydrogen-bond acceptors (Lipinski definition) is 5. The number of methoxy groups -OCH3 is 1. The molecule has 0 saturated carbocycles. The van der Waals surface area contributed by atoms with Gasteiger partial charge in [0.15, 0.2) is 0 Å². The van der Waals surface area contributed by atoms with Crippen molar-refractivity contribution >= 4 is 11.9 Å². The lowest BCUT2D eigenvalue weighted by atomic mass is 10.1. The van der Waals surface area contributed by atoms with Crippen molar-refractivity contribution in [3.05, 3.63) is 28.2 Å². The number of amides is 1. The number of ether oxygens (including phenoxy) is 1. The fourth-order valence-electron chi connectivity index (χ4n) is 1.39. The van der Waals surface area contributed by atoms with Crippen LogP contribution in [0.15, 0.2) is 16.9 Å². The molecule has 1 aromatic heterocycles. The molecule has 0 aliphatic carbocycles. The molecule has 0 aliphatic heterocycles. The van der Waals surface area contributed by atoms with Gasteiger partial charge in [0.2, 0.25) is 0 Å². The van der Waals surface area contributed by atoms with Crippen LogP contribution in [0.2, 0.25) is 0 Å². The highest BCUT2D eigenvalue weighted by atomic mass is 16.5. The van der Waals surface area contributed by atoms with E-state index in [0.717, 1.165) is 6.07 Å². The Morgan fingerprint density at radius 1 is 1.53 bits per heavy atom. The number of nitrogens with zero attached hydrogens (tertiary/aromatic N) is 1. The molecule has 104 valence electrons. The lowest BCUT2D eigenvalue weighted by Crippen LogP contribution is -2.41. The Labute approximate surface area is 108 Å². The third-order valence-electron chi connectivity index (χ3n) is 2.36. The van der Waals surface area contributed by atoms with Crippen molar-refractivity contribution in [2.24, 2.45) is 0 Å². The average molecular weight is 269 g/mol. The Hall–Kier alpha value is -2.22. The monoisotopic (exact) mass is 269 g/mol. The summed E-state index contributed by atoms with van der Waals surface area (Å²) in [5.74, 6) is -1.78. The molecular weight excluding hydrogens is 254 g/mol. The third kappa shape index (κ3) is 4.88. The molecule has 0 saturated heterocycles. The molecule has 1 amide bonds. The van der Waals surface area contributed by atoms with Crippen molar-refractivity contribution in [3.8, 4) is 0 Å². The Bertz CT molecular complexity index is 479. The summed E-state index contributed by atoms with van der Waals surface area (Å²) in [5, 5.41) is 16.9. The van der Waals surface area contributed by atoms with Crippen LogP contribution in [0.25, 0.3) is 0 Å². The second-order valence-corrected chi connectivity index (χ2v) is 3.81. The van der Waals surface area contributed by atoms with Crippen molar-refractivity contribution in [1.29, 1.82) is 0 Å². The van der Waals surface area contributed by atoms with E-state index >= 15 is 0 Å². The number of hydrogen-bond donors (Lipinski definition) is 3. The first kappa shape index (κ1) is 14.8.